The number of hydrogen-bond acceptors (Lipinski definition) is 3. The summed E-state index contributed by atoms with van der Waals surface area (Å²) >= 11 is 0. The van der Waals surface area contributed by atoms with Crippen molar-refractivity contribution in [2.45, 2.75) is 62.3 Å². The molecule has 152 valence electrons. The molecule has 0 N–H and O–H groups in total. The first-order valence-corrected chi connectivity index (χ1v) is 9.83. The monoisotopic (exact) mass is 382 g/mol. The molecule has 0 saturated carbocycles. The van der Waals surface area contributed by atoms with Crippen LogP contribution in [0.2, 0.25) is 0 Å². The van der Waals surface area contributed by atoms with Crippen molar-refractivity contribution in [1.29, 1.82) is 0 Å². The Hall–Kier alpha value is -2.16. The average Bonchev–Trinajstić information content (AvgIpc) is 2.52. The topological polar surface area (TPSA) is 43.4 Å². The zero-order valence-corrected chi connectivity index (χ0v) is 19.0. The fourth-order valence-corrected chi connectivity index (χ4v) is 3.34. The van der Waals surface area contributed by atoms with Gasteiger partial charge in [-0.1, -0.05) is 68.4 Å². The average molecular weight is 383 g/mol. The molecule has 28 heavy (non-hydrogen) atoms. The minimum atomic E-state index is -0.314. The van der Waals surface area contributed by atoms with Gasteiger partial charge < -0.3 is 4.74 Å². The van der Waals surface area contributed by atoms with E-state index in [1.807, 2.05) is 53.7 Å². The molecule has 0 aromatic heterocycles. The second kappa shape index (κ2) is 7.02. The van der Waals surface area contributed by atoms with Crippen LogP contribution in [0.1, 0.15) is 62.3 Å². The van der Waals surface area contributed by atoms with Crippen LogP contribution in [0.4, 0.5) is 0 Å². The molecule has 2 rings (SSSR count). The number of ether oxygens (including phenoxy) is 1. The molecule has 0 aromatic rings. The molecule has 0 aliphatic heterocycles. The SMILES string of the molecule is COC1=C/C(=C2/C=C(C(C)(C)C)C=C(C(C)(C)C)C2=O)C(=O)C=C1C(C)(C)C. The van der Waals surface area contributed by atoms with Gasteiger partial charge in [-0.25, -0.2) is 0 Å². The summed E-state index contributed by atoms with van der Waals surface area (Å²) in [7, 11) is 1.60. The van der Waals surface area contributed by atoms with E-state index in [1.165, 1.54) is 0 Å². The third-order valence-corrected chi connectivity index (χ3v) is 5.16. The fraction of sp³-hybridized carbons (Fsp3) is 0.520. The molecule has 0 spiro atoms. The zero-order chi connectivity index (χ0) is 21.7. The van der Waals surface area contributed by atoms with E-state index < -0.39 is 0 Å². The third-order valence-electron chi connectivity index (χ3n) is 5.16. The molecule has 0 heterocycles. The number of allylic oxidation sites excluding steroid dienone is 9. The van der Waals surface area contributed by atoms with E-state index >= 15 is 0 Å². The van der Waals surface area contributed by atoms with E-state index in [0.717, 1.165) is 16.7 Å². The molecule has 0 unspecified atom stereocenters. The van der Waals surface area contributed by atoms with E-state index in [2.05, 4.69) is 20.8 Å². The fourth-order valence-electron chi connectivity index (χ4n) is 3.34. The van der Waals surface area contributed by atoms with Crippen LogP contribution in [0.5, 0.6) is 0 Å². The van der Waals surface area contributed by atoms with Crippen LogP contribution in [-0.2, 0) is 14.3 Å². The van der Waals surface area contributed by atoms with Crippen molar-refractivity contribution in [1.82, 2.24) is 0 Å². The molecule has 3 heteroatoms. The van der Waals surface area contributed by atoms with Gasteiger partial charge in [-0.15, -0.1) is 0 Å². The first-order valence-electron chi connectivity index (χ1n) is 9.83. The van der Waals surface area contributed by atoms with Crippen LogP contribution in [0.3, 0.4) is 0 Å². The molecule has 3 nitrogen and oxygen atoms in total. The van der Waals surface area contributed by atoms with Crippen molar-refractivity contribution in [3.8, 4) is 0 Å². The maximum Gasteiger partial charge on any atom is 0.190 e. The maximum absolute atomic E-state index is 13.3. The Morgan fingerprint density at radius 2 is 1.18 bits per heavy atom. The second-order valence-corrected chi connectivity index (χ2v) is 10.7. The summed E-state index contributed by atoms with van der Waals surface area (Å²) in [6.45, 7) is 18.6. The van der Waals surface area contributed by atoms with Gasteiger partial charge in [-0.05, 0) is 40.0 Å². The summed E-state index contributed by atoms with van der Waals surface area (Å²) < 4.78 is 5.58. The van der Waals surface area contributed by atoms with Gasteiger partial charge in [0, 0.05) is 22.3 Å². The summed E-state index contributed by atoms with van der Waals surface area (Å²) in [5.74, 6) is 0.414. The minimum absolute atomic E-state index is 0.0804. The number of rotatable bonds is 1. The molecule has 0 amide bonds. The Morgan fingerprint density at radius 1 is 0.643 bits per heavy atom. The number of methoxy groups -OCH3 is 1. The number of Topliss-reactive ketones (excluding diaryl/α,β-unsaturated/α-hetero) is 1. The summed E-state index contributed by atoms with van der Waals surface area (Å²) in [5.41, 5.74) is 2.81. The van der Waals surface area contributed by atoms with Gasteiger partial charge in [-0.2, -0.15) is 0 Å². The molecule has 2 aliphatic rings. The van der Waals surface area contributed by atoms with E-state index in [4.69, 9.17) is 4.74 Å². The molecule has 0 aromatic carbocycles. The van der Waals surface area contributed by atoms with Gasteiger partial charge in [0.25, 0.3) is 0 Å². The van der Waals surface area contributed by atoms with Crippen molar-refractivity contribution in [2.24, 2.45) is 16.2 Å². The van der Waals surface area contributed by atoms with Gasteiger partial charge in [-0.3, -0.25) is 9.59 Å². The first kappa shape index (κ1) is 22.1. The molecule has 2 aliphatic carbocycles. The lowest BCUT2D eigenvalue weighted by atomic mass is 9.72. The molecule has 0 fully saturated rings. The van der Waals surface area contributed by atoms with Crippen molar-refractivity contribution in [3.05, 3.63) is 57.9 Å². The van der Waals surface area contributed by atoms with Crippen molar-refractivity contribution < 1.29 is 14.3 Å². The number of hydrogen-bond donors (Lipinski definition) is 0. The molecular formula is C25H34O3. The summed E-state index contributed by atoms with van der Waals surface area (Å²) in [6.07, 6.45) is 7.23. The van der Waals surface area contributed by atoms with Crippen LogP contribution in [0, 0.1) is 16.2 Å². The molecule has 0 radical (unpaired) electrons. The van der Waals surface area contributed by atoms with Crippen molar-refractivity contribution in [2.75, 3.05) is 7.11 Å². The number of carbonyl (C=O) groups is 2. The highest BCUT2D eigenvalue weighted by Crippen LogP contribution is 2.41. The van der Waals surface area contributed by atoms with Gasteiger partial charge >= 0.3 is 0 Å². The smallest absolute Gasteiger partial charge is 0.190 e. The standard InChI is InChI=1S/C25H34O3/c1-23(2,3)15-11-17(22(27)19(12-15)25(7,8)9)16-13-21(28-10)18(14-20(16)26)24(4,5)6/h11-14H,1-10H3/b17-16+. The highest BCUT2D eigenvalue weighted by Gasteiger charge is 2.35. The van der Waals surface area contributed by atoms with Crippen LogP contribution in [0.15, 0.2) is 57.9 Å². The molecule has 0 saturated heterocycles. The van der Waals surface area contributed by atoms with Gasteiger partial charge in [0.15, 0.2) is 11.6 Å². The largest absolute Gasteiger partial charge is 0.496 e. The van der Waals surface area contributed by atoms with Crippen molar-refractivity contribution in [3.63, 3.8) is 0 Å². The number of carbonyl (C=O) groups excluding carboxylic acids is 2. The Bertz CT molecular complexity index is 864. The highest BCUT2D eigenvalue weighted by atomic mass is 16.5. The quantitative estimate of drug-likeness (QED) is 0.531. The Labute approximate surface area is 169 Å². The summed E-state index contributed by atoms with van der Waals surface area (Å²) in [4.78, 5) is 26.4. The van der Waals surface area contributed by atoms with Gasteiger partial charge in [0.1, 0.15) is 5.76 Å². The minimum Gasteiger partial charge on any atom is -0.496 e. The van der Waals surface area contributed by atoms with Crippen LogP contribution in [-0.4, -0.2) is 18.7 Å². The zero-order valence-electron chi connectivity index (χ0n) is 19.0. The number of ketones is 2. The van der Waals surface area contributed by atoms with Crippen LogP contribution >= 0.6 is 0 Å². The Morgan fingerprint density at radius 3 is 1.61 bits per heavy atom. The normalized spacial score (nSPS) is 21.8. The second-order valence-electron chi connectivity index (χ2n) is 10.7. The van der Waals surface area contributed by atoms with E-state index in [1.54, 1.807) is 19.3 Å². The maximum atomic E-state index is 13.3. The van der Waals surface area contributed by atoms with Crippen molar-refractivity contribution >= 4 is 11.6 Å². The van der Waals surface area contributed by atoms with Crippen LogP contribution in [0.25, 0.3) is 0 Å². The lowest BCUT2D eigenvalue weighted by Gasteiger charge is -2.32. The Kier molecular flexibility index (Phi) is 5.55. The third kappa shape index (κ3) is 4.29. The predicted octanol–water partition coefficient (Wildman–Crippen LogP) is 5.90. The lowest BCUT2D eigenvalue weighted by Crippen LogP contribution is -2.27. The molecule has 0 bridgehead atoms. The molecular weight excluding hydrogens is 348 g/mol. The molecule has 0 atom stereocenters. The summed E-state index contributed by atoms with van der Waals surface area (Å²) in [5, 5.41) is 0. The predicted molar refractivity (Wildman–Crippen MR) is 115 cm³/mol. The Balaban J connectivity index is 2.76. The summed E-state index contributed by atoms with van der Waals surface area (Å²) in [6, 6.07) is 0. The van der Waals surface area contributed by atoms with Gasteiger partial charge in [0.2, 0.25) is 0 Å². The lowest BCUT2D eigenvalue weighted by molar-refractivity contribution is -0.114. The van der Waals surface area contributed by atoms with Crippen LogP contribution < -0.4 is 0 Å². The van der Waals surface area contributed by atoms with E-state index in [0.29, 0.717) is 16.9 Å². The van der Waals surface area contributed by atoms with Gasteiger partial charge in [0.05, 0.1) is 7.11 Å². The first-order chi connectivity index (χ1) is 12.6. The van der Waals surface area contributed by atoms with E-state index in [-0.39, 0.29) is 27.8 Å². The van der Waals surface area contributed by atoms with E-state index in [9.17, 15) is 9.59 Å². The highest BCUT2D eigenvalue weighted by molar-refractivity contribution is 6.20.